The average molecular weight is 356 g/mol. The minimum atomic E-state index is -3.32. The van der Waals surface area contributed by atoms with Gasteiger partial charge in [0.15, 0.2) is 0 Å². The summed E-state index contributed by atoms with van der Waals surface area (Å²) in [7, 11) is -3.32. The van der Waals surface area contributed by atoms with Crippen molar-refractivity contribution < 1.29 is 17.9 Å². The molecule has 1 aromatic carbocycles. The number of nitrogens with one attached hydrogen (secondary N) is 1. The molecule has 0 fully saturated rings. The second-order valence-corrected chi connectivity index (χ2v) is 8.46. The van der Waals surface area contributed by atoms with Gasteiger partial charge in [-0.2, -0.15) is 0 Å². The third kappa shape index (κ3) is 7.31. The molecule has 0 aromatic heterocycles. The first-order chi connectivity index (χ1) is 11.1. The highest BCUT2D eigenvalue weighted by Crippen LogP contribution is 2.25. The van der Waals surface area contributed by atoms with Crippen LogP contribution in [0.4, 0.5) is 5.69 Å². The van der Waals surface area contributed by atoms with Crippen molar-refractivity contribution in [2.45, 2.75) is 40.2 Å². The fraction of sp³-hybridized carbons (Fsp3) is 0.588. The number of amides is 1. The molecule has 0 spiro atoms. The molecule has 0 aliphatic carbocycles. The summed E-state index contributed by atoms with van der Waals surface area (Å²) in [6, 6.07) is 7.20. The number of hydrogen-bond acceptors (Lipinski definition) is 4. The van der Waals surface area contributed by atoms with Crippen LogP contribution in [0.15, 0.2) is 24.3 Å². The quantitative estimate of drug-likeness (QED) is 0.738. The Morgan fingerprint density at radius 3 is 2.38 bits per heavy atom. The second kappa shape index (κ2) is 9.03. The molecule has 6 nitrogen and oxygen atoms in total. The number of sulfonamides is 1. The Balaban J connectivity index is 2.69. The van der Waals surface area contributed by atoms with Gasteiger partial charge in [-0.3, -0.25) is 4.79 Å². The third-order valence-corrected chi connectivity index (χ3v) is 4.42. The summed E-state index contributed by atoms with van der Waals surface area (Å²) in [5.41, 5.74) is 0.589. The number of nitrogens with zero attached hydrogens (tertiary/aromatic N) is 1. The summed E-state index contributed by atoms with van der Waals surface area (Å²) in [6.07, 6.45) is 1.25. The van der Waals surface area contributed by atoms with Crippen LogP contribution >= 0.6 is 0 Å². The van der Waals surface area contributed by atoms with Crippen LogP contribution in [-0.4, -0.2) is 44.1 Å². The minimum Gasteiger partial charge on any atom is -0.489 e. The van der Waals surface area contributed by atoms with Crippen LogP contribution in [0.2, 0.25) is 0 Å². The fourth-order valence-corrected chi connectivity index (χ4v) is 3.16. The fourth-order valence-electron chi connectivity index (χ4n) is 2.17. The summed E-state index contributed by atoms with van der Waals surface area (Å²) in [6.45, 7) is 8.27. The van der Waals surface area contributed by atoms with Gasteiger partial charge < -0.3 is 10.1 Å². The predicted molar refractivity (Wildman–Crippen MR) is 96.7 cm³/mol. The van der Waals surface area contributed by atoms with Crippen LogP contribution in [0.25, 0.3) is 0 Å². The van der Waals surface area contributed by atoms with Crippen LogP contribution < -0.4 is 10.1 Å². The Morgan fingerprint density at radius 2 is 1.83 bits per heavy atom. The zero-order valence-electron chi connectivity index (χ0n) is 15.1. The van der Waals surface area contributed by atoms with Crippen molar-refractivity contribution in [1.29, 1.82) is 0 Å². The molecule has 1 amide bonds. The van der Waals surface area contributed by atoms with Gasteiger partial charge in [-0.05, 0) is 31.9 Å². The van der Waals surface area contributed by atoms with Crippen molar-refractivity contribution >= 4 is 21.6 Å². The predicted octanol–water partition coefficient (Wildman–Crippen LogP) is 2.72. The van der Waals surface area contributed by atoms with E-state index >= 15 is 0 Å². The molecular formula is C17H28N2O4S. The lowest BCUT2D eigenvalue weighted by Crippen LogP contribution is -2.35. The van der Waals surface area contributed by atoms with Gasteiger partial charge in [-0.25, -0.2) is 12.7 Å². The van der Waals surface area contributed by atoms with Crippen molar-refractivity contribution in [2.24, 2.45) is 5.92 Å². The lowest BCUT2D eigenvalue weighted by Gasteiger charge is -2.21. The normalized spacial score (nSPS) is 12.0. The van der Waals surface area contributed by atoms with Gasteiger partial charge in [0, 0.05) is 19.5 Å². The molecule has 1 aromatic rings. The maximum absolute atomic E-state index is 12.2. The largest absolute Gasteiger partial charge is 0.489 e. The highest BCUT2D eigenvalue weighted by Gasteiger charge is 2.19. The van der Waals surface area contributed by atoms with E-state index in [0.29, 0.717) is 18.0 Å². The molecule has 1 N–H and O–H groups in total. The summed E-state index contributed by atoms with van der Waals surface area (Å²) >= 11 is 0. The van der Waals surface area contributed by atoms with Crippen molar-refractivity contribution in [2.75, 3.05) is 24.7 Å². The molecule has 0 aliphatic heterocycles. The third-order valence-electron chi connectivity index (χ3n) is 3.15. The average Bonchev–Trinajstić information content (AvgIpc) is 2.43. The van der Waals surface area contributed by atoms with E-state index in [9.17, 15) is 13.2 Å². The number of rotatable bonds is 9. The molecule has 0 heterocycles. The van der Waals surface area contributed by atoms with Crippen LogP contribution in [0, 0.1) is 5.92 Å². The molecular weight excluding hydrogens is 328 g/mol. The number of benzene rings is 1. The molecule has 0 aliphatic rings. The van der Waals surface area contributed by atoms with Gasteiger partial charge >= 0.3 is 0 Å². The summed E-state index contributed by atoms with van der Waals surface area (Å²) in [5.74, 6) is 0.554. The smallest absolute Gasteiger partial charge is 0.225 e. The molecule has 1 rings (SSSR count). The summed E-state index contributed by atoms with van der Waals surface area (Å²) < 4.78 is 30.6. The standard InChI is InChI=1S/C17H28N2O4S/c1-13(2)12-19(24(5,21)22)11-10-17(20)18-15-8-6-7-9-16(15)23-14(3)4/h6-9,13-14H,10-12H2,1-5H3,(H,18,20). The Bertz CT molecular complexity index is 642. The van der Waals surface area contributed by atoms with Crippen molar-refractivity contribution in [3.05, 3.63) is 24.3 Å². The number of para-hydroxylation sites is 2. The van der Waals surface area contributed by atoms with Crippen molar-refractivity contribution in [3.63, 3.8) is 0 Å². The molecule has 136 valence electrons. The first kappa shape index (κ1) is 20.4. The number of anilines is 1. The van der Waals surface area contributed by atoms with Gasteiger partial charge in [0.1, 0.15) is 5.75 Å². The first-order valence-corrected chi connectivity index (χ1v) is 9.95. The van der Waals surface area contributed by atoms with E-state index in [-0.39, 0.29) is 30.9 Å². The highest BCUT2D eigenvalue weighted by molar-refractivity contribution is 7.88. The zero-order chi connectivity index (χ0) is 18.3. The molecule has 7 heteroatoms. The van der Waals surface area contributed by atoms with Gasteiger partial charge in [0.2, 0.25) is 15.9 Å². The molecule has 0 bridgehead atoms. The Labute approximate surface area is 145 Å². The van der Waals surface area contributed by atoms with Crippen molar-refractivity contribution in [1.82, 2.24) is 4.31 Å². The molecule has 0 unspecified atom stereocenters. The SMILES string of the molecule is CC(C)CN(CCC(=O)Nc1ccccc1OC(C)C)S(C)(=O)=O. The molecule has 0 saturated heterocycles. The molecule has 0 radical (unpaired) electrons. The van der Waals surface area contributed by atoms with Gasteiger partial charge in [0.25, 0.3) is 0 Å². The van der Waals surface area contributed by atoms with Gasteiger partial charge in [-0.15, -0.1) is 0 Å². The van der Waals surface area contributed by atoms with E-state index in [0.717, 1.165) is 0 Å². The van der Waals surface area contributed by atoms with E-state index in [4.69, 9.17) is 4.74 Å². The van der Waals surface area contributed by atoms with E-state index in [1.165, 1.54) is 10.6 Å². The van der Waals surface area contributed by atoms with Crippen LogP contribution in [0.1, 0.15) is 34.1 Å². The Kier molecular flexibility index (Phi) is 7.69. The Hall–Kier alpha value is -1.60. The highest BCUT2D eigenvalue weighted by atomic mass is 32.2. The number of carbonyl (C=O) groups is 1. The van der Waals surface area contributed by atoms with Crippen LogP contribution in [0.5, 0.6) is 5.75 Å². The van der Waals surface area contributed by atoms with Gasteiger partial charge in [-0.1, -0.05) is 26.0 Å². The second-order valence-electron chi connectivity index (χ2n) is 6.48. The summed E-state index contributed by atoms with van der Waals surface area (Å²) in [5, 5.41) is 2.79. The Morgan fingerprint density at radius 1 is 1.21 bits per heavy atom. The maximum atomic E-state index is 12.2. The number of hydrogen-bond donors (Lipinski definition) is 1. The topological polar surface area (TPSA) is 75.7 Å². The minimum absolute atomic E-state index is 0.00480. The van der Waals surface area contributed by atoms with Crippen molar-refractivity contribution in [3.8, 4) is 5.75 Å². The van der Waals surface area contributed by atoms with E-state index < -0.39 is 10.0 Å². The molecule has 24 heavy (non-hydrogen) atoms. The van der Waals surface area contributed by atoms with E-state index in [1.54, 1.807) is 12.1 Å². The van der Waals surface area contributed by atoms with Crippen LogP contribution in [0.3, 0.4) is 0 Å². The summed E-state index contributed by atoms with van der Waals surface area (Å²) in [4.78, 5) is 12.2. The van der Waals surface area contributed by atoms with E-state index in [2.05, 4.69) is 5.32 Å². The number of carbonyl (C=O) groups excluding carboxylic acids is 1. The lowest BCUT2D eigenvalue weighted by molar-refractivity contribution is -0.116. The van der Waals surface area contributed by atoms with Gasteiger partial charge in [0.05, 0.1) is 18.0 Å². The zero-order valence-corrected chi connectivity index (χ0v) is 15.9. The lowest BCUT2D eigenvalue weighted by atomic mass is 10.2. The number of ether oxygens (including phenoxy) is 1. The molecule has 0 saturated carbocycles. The maximum Gasteiger partial charge on any atom is 0.225 e. The van der Waals surface area contributed by atoms with E-state index in [1.807, 2.05) is 39.8 Å². The van der Waals surface area contributed by atoms with Crippen LogP contribution in [-0.2, 0) is 14.8 Å². The monoisotopic (exact) mass is 356 g/mol. The molecule has 0 atom stereocenters. The first-order valence-electron chi connectivity index (χ1n) is 8.10.